The molecule has 1 aliphatic rings. The Hall–Kier alpha value is -1.38. The third kappa shape index (κ3) is 2.55. The molecular weight excluding hydrogens is 174 g/mol. The van der Waals surface area contributed by atoms with Crippen LogP contribution in [0.15, 0.2) is 29.5 Å². The monoisotopic (exact) mass is 189 g/mol. The largest absolute Gasteiger partial charge is 0.374 e. The van der Waals surface area contributed by atoms with E-state index in [1.807, 2.05) is 12.4 Å². The van der Waals surface area contributed by atoms with Crippen molar-refractivity contribution in [2.75, 3.05) is 13.1 Å². The number of hydrogen-bond acceptors (Lipinski definition) is 3. The molecule has 0 fully saturated rings. The standard InChI is InChI=1S/C11H15N3/c1-2-11(13-6-1)14-9-5-10-3-7-12-8-4-10/h3-4,7-8H,1-2,5-6,9H2,(H,13,14). The molecule has 2 heterocycles. The van der Waals surface area contributed by atoms with Gasteiger partial charge >= 0.3 is 0 Å². The van der Waals surface area contributed by atoms with Crippen molar-refractivity contribution in [2.24, 2.45) is 4.99 Å². The van der Waals surface area contributed by atoms with Crippen molar-refractivity contribution < 1.29 is 0 Å². The van der Waals surface area contributed by atoms with Crippen molar-refractivity contribution >= 4 is 5.84 Å². The van der Waals surface area contributed by atoms with Crippen LogP contribution in [0.1, 0.15) is 18.4 Å². The number of aliphatic imine (C=N–C) groups is 1. The predicted octanol–water partition coefficient (Wildman–Crippen LogP) is 1.41. The van der Waals surface area contributed by atoms with Crippen LogP contribution in [-0.4, -0.2) is 23.9 Å². The van der Waals surface area contributed by atoms with Gasteiger partial charge < -0.3 is 5.32 Å². The van der Waals surface area contributed by atoms with Gasteiger partial charge in [0.05, 0.1) is 5.84 Å². The smallest absolute Gasteiger partial charge is 0.0963 e. The van der Waals surface area contributed by atoms with Crippen molar-refractivity contribution in [1.82, 2.24) is 10.3 Å². The topological polar surface area (TPSA) is 37.3 Å². The molecule has 74 valence electrons. The first-order chi connectivity index (χ1) is 6.95. The van der Waals surface area contributed by atoms with Gasteiger partial charge in [0, 0.05) is 31.9 Å². The van der Waals surface area contributed by atoms with Crippen LogP contribution < -0.4 is 5.32 Å². The van der Waals surface area contributed by atoms with Crippen molar-refractivity contribution in [1.29, 1.82) is 0 Å². The number of pyridine rings is 1. The summed E-state index contributed by atoms with van der Waals surface area (Å²) >= 11 is 0. The second-order valence-electron chi connectivity index (χ2n) is 3.46. The molecule has 0 saturated heterocycles. The third-order valence-electron chi connectivity index (χ3n) is 2.37. The molecule has 0 bridgehead atoms. The molecular formula is C11H15N3. The highest BCUT2D eigenvalue weighted by Gasteiger charge is 2.04. The summed E-state index contributed by atoms with van der Waals surface area (Å²) in [6, 6.07) is 4.11. The van der Waals surface area contributed by atoms with E-state index < -0.39 is 0 Å². The van der Waals surface area contributed by atoms with E-state index in [4.69, 9.17) is 0 Å². The van der Waals surface area contributed by atoms with Crippen molar-refractivity contribution in [3.63, 3.8) is 0 Å². The van der Waals surface area contributed by atoms with Gasteiger partial charge in [0.15, 0.2) is 0 Å². The zero-order chi connectivity index (χ0) is 9.64. The van der Waals surface area contributed by atoms with Crippen LogP contribution >= 0.6 is 0 Å². The lowest BCUT2D eigenvalue weighted by molar-refractivity contribution is 0.850. The Balaban J connectivity index is 1.73. The van der Waals surface area contributed by atoms with Crippen LogP contribution in [0.5, 0.6) is 0 Å². The minimum Gasteiger partial charge on any atom is -0.374 e. The minimum atomic E-state index is 0.975. The molecule has 0 amide bonds. The Kier molecular flexibility index (Phi) is 3.11. The maximum Gasteiger partial charge on any atom is 0.0963 e. The van der Waals surface area contributed by atoms with E-state index in [-0.39, 0.29) is 0 Å². The van der Waals surface area contributed by atoms with Gasteiger partial charge in [-0.05, 0) is 30.5 Å². The molecule has 0 aromatic carbocycles. The van der Waals surface area contributed by atoms with E-state index in [1.165, 1.54) is 17.8 Å². The molecule has 0 aliphatic carbocycles. The van der Waals surface area contributed by atoms with Gasteiger partial charge in [0.2, 0.25) is 0 Å². The van der Waals surface area contributed by atoms with E-state index in [0.717, 1.165) is 25.9 Å². The normalized spacial score (nSPS) is 15.3. The summed E-state index contributed by atoms with van der Waals surface area (Å²) in [4.78, 5) is 8.35. The van der Waals surface area contributed by atoms with Gasteiger partial charge in [-0.2, -0.15) is 0 Å². The van der Waals surface area contributed by atoms with E-state index in [1.54, 1.807) is 0 Å². The van der Waals surface area contributed by atoms with Gasteiger partial charge in [0.1, 0.15) is 0 Å². The Labute approximate surface area is 84.3 Å². The molecule has 0 saturated carbocycles. The van der Waals surface area contributed by atoms with E-state index >= 15 is 0 Å². The summed E-state index contributed by atoms with van der Waals surface area (Å²) in [5, 5.41) is 3.36. The fraction of sp³-hybridized carbons (Fsp3) is 0.455. The highest BCUT2D eigenvalue weighted by Crippen LogP contribution is 2.01. The Morgan fingerprint density at radius 2 is 2.14 bits per heavy atom. The second kappa shape index (κ2) is 4.74. The van der Waals surface area contributed by atoms with E-state index in [0.29, 0.717) is 0 Å². The van der Waals surface area contributed by atoms with Crippen LogP contribution in [-0.2, 0) is 6.42 Å². The minimum absolute atomic E-state index is 0.975. The molecule has 1 N–H and O–H groups in total. The first kappa shape index (κ1) is 9.19. The summed E-state index contributed by atoms with van der Waals surface area (Å²) in [7, 11) is 0. The molecule has 3 heteroatoms. The SMILES string of the molecule is c1cc(CCNC2=NCCC2)ccn1. The first-order valence-corrected chi connectivity index (χ1v) is 5.11. The predicted molar refractivity (Wildman–Crippen MR) is 57.5 cm³/mol. The quantitative estimate of drug-likeness (QED) is 0.780. The number of amidine groups is 1. The molecule has 0 radical (unpaired) electrons. The molecule has 1 aromatic heterocycles. The van der Waals surface area contributed by atoms with Crippen LogP contribution in [0.2, 0.25) is 0 Å². The number of nitrogens with zero attached hydrogens (tertiary/aromatic N) is 2. The molecule has 0 atom stereocenters. The third-order valence-corrected chi connectivity index (χ3v) is 2.37. The van der Waals surface area contributed by atoms with E-state index in [2.05, 4.69) is 27.4 Å². The summed E-state index contributed by atoms with van der Waals surface area (Å²) in [5.41, 5.74) is 1.33. The molecule has 2 rings (SSSR count). The number of rotatable bonds is 3. The van der Waals surface area contributed by atoms with Crippen LogP contribution in [0.4, 0.5) is 0 Å². The summed E-state index contributed by atoms with van der Waals surface area (Å²) in [6.07, 6.45) is 7.04. The molecule has 3 nitrogen and oxygen atoms in total. The van der Waals surface area contributed by atoms with Crippen molar-refractivity contribution in [3.05, 3.63) is 30.1 Å². The van der Waals surface area contributed by atoms with Crippen LogP contribution in [0, 0.1) is 0 Å². The van der Waals surface area contributed by atoms with Crippen molar-refractivity contribution in [2.45, 2.75) is 19.3 Å². The van der Waals surface area contributed by atoms with Crippen LogP contribution in [0.25, 0.3) is 0 Å². The Bertz CT molecular complexity index is 306. The summed E-state index contributed by atoms with van der Waals surface area (Å²) < 4.78 is 0. The van der Waals surface area contributed by atoms with Gasteiger partial charge in [-0.15, -0.1) is 0 Å². The molecule has 0 spiro atoms. The molecule has 1 aliphatic heterocycles. The van der Waals surface area contributed by atoms with Gasteiger partial charge in [-0.1, -0.05) is 0 Å². The average Bonchev–Trinajstić information content (AvgIpc) is 2.72. The number of nitrogens with one attached hydrogen (secondary N) is 1. The summed E-state index contributed by atoms with van der Waals surface area (Å²) in [6.45, 7) is 1.97. The van der Waals surface area contributed by atoms with Crippen molar-refractivity contribution in [3.8, 4) is 0 Å². The molecule has 14 heavy (non-hydrogen) atoms. The second-order valence-corrected chi connectivity index (χ2v) is 3.46. The lowest BCUT2D eigenvalue weighted by atomic mass is 10.2. The lowest BCUT2D eigenvalue weighted by Crippen LogP contribution is -2.23. The summed E-state index contributed by atoms with van der Waals surface area (Å²) in [5.74, 6) is 1.18. The Morgan fingerprint density at radius 1 is 1.29 bits per heavy atom. The van der Waals surface area contributed by atoms with Gasteiger partial charge in [0.25, 0.3) is 0 Å². The fourth-order valence-electron chi connectivity index (χ4n) is 1.58. The zero-order valence-electron chi connectivity index (χ0n) is 8.24. The van der Waals surface area contributed by atoms with Gasteiger partial charge in [-0.25, -0.2) is 0 Å². The van der Waals surface area contributed by atoms with E-state index in [9.17, 15) is 0 Å². The number of aromatic nitrogens is 1. The lowest BCUT2D eigenvalue weighted by Gasteiger charge is -2.04. The highest BCUT2D eigenvalue weighted by molar-refractivity contribution is 5.83. The fourth-order valence-corrected chi connectivity index (χ4v) is 1.58. The highest BCUT2D eigenvalue weighted by atomic mass is 15.0. The maximum absolute atomic E-state index is 4.36. The van der Waals surface area contributed by atoms with Gasteiger partial charge in [-0.3, -0.25) is 9.98 Å². The Morgan fingerprint density at radius 3 is 2.86 bits per heavy atom. The maximum atomic E-state index is 4.36. The van der Waals surface area contributed by atoms with Crippen LogP contribution in [0.3, 0.4) is 0 Å². The molecule has 0 unspecified atom stereocenters. The molecule has 1 aromatic rings. The average molecular weight is 189 g/mol. The zero-order valence-corrected chi connectivity index (χ0v) is 8.24. The first-order valence-electron chi connectivity index (χ1n) is 5.11. The number of hydrogen-bond donors (Lipinski definition) is 1.